The third kappa shape index (κ3) is 6.25. The fraction of sp³-hybridized carbons (Fsp3) is 0.455. The Morgan fingerprint density at radius 1 is 1.07 bits per heavy atom. The predicted molar refractivity (Wildman–Crippen MR) is 171 cm³/mol. The Kier molecular flexibility index (Phi) is 8.65. The molecule has 3 atom stereocenters. The van der Waals surface area contributed by atoms with Gasteiger partial charge in [0.1, 0.15) is 21.9 Å². The van der Waals surface area contributed by atoms with Crippen LogP contribution in [0.2, 0.25) is 0 Å². The van der Waals surface area contributed by atoms with Crippen molar-refractivity contribution >= 4 is 34.6 Å². The fourth-order valence-corrected chi connectivity index (χ4v) is 7.38. The van der Waals surface area contributed by atoms with Gasteiger partial charge in [-0.25, -0.2) is 14.8 Å². The van der Waals surface area contributed by atoms with Crippen molar-refractivity contribution in [2.24, 2.45) is 0 Å². The van der Waals surface area contributed by atoms with Gasteiger partial charge in [0.2, 0.25) is 0 Å². The standard InChI is InChI=1S/C33H39N5O4S2/c1-20-16-36-28(44-20)27-23(25-17-34-11-12-35-25)15-33(14-22-18-43-19-37-22,30(40)42-32(5,6)7)38(27)29(39)21-9-10-24(31(2,3)4)26(13-21)41-8/h9-13,16-19,23,27H,14-15H2,1-8H3/t23-,27-,33+/m1/s1. The van der Waals surface area contributed by atoms with Crippen molar-refractivity contribution in [1.82, 2.24) is 24.8 Å². The zero-order chi connectivity index (χ0) is 31.9. The van der Waals surface area contributed by atoms with Crippen molar-refractivity contribution in [3.05, 3.63) is 86.3 Å². The summed E-state index contributed by atoms with van der Waals surface area (Å²) in [4.78, 5) is 50.7. The van der Waals surface area contributed by atoms with Gasteiger partial charge in [-0.05, 0) is 57.2 Å². The molecule has 11 heteroatoms. The van der Waals surface area contributed by atoms with Crippen LogP contribution in [0.15, 0.2) is 53.9 Å². The number of hydrogen-bond donors (Lipinski definition) is 0. The van der Waals surface area contributed by atoms with E-state index in [0.29, 0.717) is 27.7 Å². The first-order valence-corrected chi connectivity index (χ1v) is 16.3. The molecule has 1 saturated heterocycles. The maximum absolute atomic E-state index is 15.0. The molecule has 1 amide bonds. The highest BCUT2D eigenvalue weighted by molar-refractivity contribution is 7.11. The minimum atomic E-state index is -1.42. The molecule has 0 unspecified atom stereocenters. The van der Waals surface area contributed by atoms with Crippen LogP contribution in [0.3, 0.4) is 0 Å². The average molecular weight is 634 g/mol. The first-order valence-electron chi connectivity index (χ1n) is 14.5. The van der Waals surface area contributed by atoms with Crippen LogP contribution in [0.1, 0.15) is 97.1 Å². The number of rotatable bonds is 7. The number of methoxy groups -OCH3 is 1. The molecule has 1 aliphatic heterocycles. The van der Waals surface area contributed by atoms with E-state index in [0.717, 1.165) is 10.4 Å². The molecule has 1 aromatic carbocycles. The van der Waals surface area contributed by atoms with Gasteiger partial charge in [-0.1, -0.05) is 26.8 Å². The molecule has 4 heterocycles. The summed E-state index contributed by atoms with van der Waals surface area (Å²) in [5.74, 6) is -0.597. The zero-order valence-corrected chi connectivity index (χ0v) is 28.1. The maximum Gasteiger partial charge on any atom is 0.333 e. The molecule has 3 aromatic heterocycles. The van der Waals surface area contributed by atoms with E-state index in [9.17, 15) is 4.79 Å². The lowest BCUT2D eigenvalue weighted by molar-refractivity contribution is -0.167. The van der Waals surface area contributed by atoms with Gasteiger partial charge in [0.25, 0.3) is 5.91 Å². The molecule has 44 heavy (non-hydrogen) atoms. The number of aromatic nitrogens is 4. The summed E-state index contributed by atoms with van der Waals surface area (Å²) in [5, 5.41) is 2.63. The lowest BCUT2D eigenvalue weighted by atomic mass is 9.84. The lowest BCUT2D eigenvalue weighted by Gasteiger charge is -2.40. The summed E-state index contributed by atoms with van der Waals surface area (Å²) in [6.45, 7) is 13.8. The van der Waals surface area contributed by atoms with E-state index in [1.165, 1.54) is 22.7 Å². The van der Waals surface area contributed by atoms with Crippen LogP contribution < -0.4 is 4.74 Å². The maximum atomic E-state index is 15.0. The van der Waals surface area contributed by atoms with Crippen molar-refractivity contribution < 1.29 is 19.1 Å². The molecule has 0 N–H and O–H groups in total. The minimum absolute atomic E-state index is 0.173. The summed E-state index contributed by atoms with van der Waals surface area (Å²) in [6, 6.07) is 4.90. The fourth-order valence-electron chi connectivity index (χ4n) is 5.89. The topological polar surface area (TPSA) is 107 Å². The molecule has 4 aromatic rings. The highest BCUT2D eigenvalue weighted by atomic mass is 32.1. The third-order valence-electron chi connectivity index (χ3n) is 7.74. The van der Waals surface area contributed by atoms with Gasteiger partial charge in [-0.3, -0.25) is 14.8 Å². The van der Waals surface area contributed by atoms with Gasteiger partial charge in [-0.15, -0.1) is 22.7 Å². The second-order valence-corrected chi connectivity index (χ2v) is 15.2. The Hall–Kier alpha value is -3.70. The van der Waals surface area contributed by atoms with Crippen LogP contribution in [0.25, 0.3) is 0 Å². The van der Waals surface area contributed by atoms with Gasteiger partial charge in [0.15, 0.2) is 0 Å². The number of hydrogen-bond acceptors (Lipinski definition) is 10. The van der Waals surface area contributed by atoms with Crippen LogP contribution in [0, 0.1) is 6.92 Å². The normalized spacial score (nSPS) is 20.5. The molecule has 1 fully saturated rings. The minimum Gasteiger partial charge on any atom is -0.496 e. The van der Waals surface area contributed by atoms with Gasteiger partial charge in [0.05, 0.1) is 30.1 Å². The van der Waals surface area contributed by atoms with E-state index >= 15 is 4.79 Å². The third-order valence-corrected chi connectivity index (χ3v) is 9.36. The van der Waals surface area contributed by atoms with Crippen LogP contribution in [0.5, 0.6) is 5.75 Å². The Morgan fingerprint density at radius 2 is 1.84 bits per heavy atom. The number of nitrogens with zero attached hydrogens (tertiary/aromatic N) is 5. The van der Waals surface area contributed by atoms with E-state index in [1.807, 2.05) is 45.2 Å². The summed E-state index contributed by atoms with van der Waals surface area (Å²) in [5.41, 5.74) is 2.07. The molecule has 5 rings (SSSR count). The SMILES string of the molecule is COc1cc(C(=O)N2[C@@H](c3ncc(C)s3)[C@@H](c3cnccn3)C[C@@]2(Cc2cscn2)C(=O)OC(C)(C)C)ccc1C(C)(C)C. The Bertz CT molecular complexity index is 1630. The van der Waals surface area contributed by atoms with Crippen molar-refractivity contribution in [3.63, 3.8) is 0 Å². The molecule has 232 valence electrons. The van der Waals surface area contributed by atoms with Gasteiger partial charge in [-0.2, -0.15) is 0 Å². The first-order chi connectivity index (χ1) is 20.7. The van der Waals surface area contributed by atoms with E-state index in [-0.39, 0.29) is 30.1 Å². The van der Waals surface area contributed by atoms with Crippen LogP contribution in [-0.2, 0) is 21.4 Å². The molecular weight excluding hydrogens is 595 g/mol. The number of carbonyl (C=O) groups is 2. The van der Waals surface area contributed by atoms with Crippen molar-refractivity contribution in [3.8, 4) is 5.75 Å². The zero-order valence-electron chi connectivity index (χ0n) is 26.5. The molecule has 0 radical (unpaired) electrons. The van der Waals surface area contributed by atoms with E-state index in [4.69, 9.17) is 14.5 Å². The molecular formula is C33H39N5O4S2. The number of benzene rings is 1. The number of esters is 1. The molecule has 0 aliphatic carbocycles. The molecule has 9 nitrogen and oxygen atoms in total. The Labute approximate surface area is 266 Å². The van der Waals surface area contributed by atoms with Crippen molar-refractivity contribution in [1.29, 1.82) is 0 Å². The van der Waals surface area contributed by atoms with Crippen LogP contribution >= 0.6 is 22.7 Å². The summed E-state index contributed by atoms with van der Waals surface area (Å²) < 4.78 is 11.9. The average Bonchev–Trinajstić information content (AvgIpc) is 3.71. The molecule has 0 saturated carbocycles. The second-order valence-electron chi connectivity index (χ2n) is 13.2. The van der Waals surface area contributed by atoms with Crippen molar-refractivity contribution in [2.75, 3.05) is 7.11 Å². The smallest absolute Gasteiger partial charge is 0.333 e. The second kappa shape index (κ2) is 12.0. The van der Waals surface area contributed by atoms with Crippen LogP contribution in [0.4, 0.5) is 0 Å². The highest BCUT2D eigenvalue weighted by Gasteiger charge is 2.61. The lowest BCUT2D eigenvalue weighted by Crippen LogP contribution is -2.57. The number of amides is 1. The van der Waals surface area contributed by atoms with Gasteiger partial charge < -0.3 is 14.4 Å². The molecule has 0 bridgehead atoms. The summed E-state index contributed by atoms with van der Waals surface area (Å²) in [7, 11) is 1.60. The monoisotopic (exact) mass is 633 g/mol. The van der Waals surface area contributed by atoms with E-state index in [1.54, 1.807) is 48.4 Å². The largest absolute Gasteiger partial charge is 0.496 e. The number of likely N-dealkylation sites (tertiary alicyclic amines) is 1. The Morgan fingerprint density at radius 3 is 2.41 bits per heavy atom. The number of aryl methyl sites for hydroxylation is 1. The number of carbonyl (C=O) groups excluding carboxylic acids is 2. The highest BCUT2D eigenvalue weighted by Crippen LogP contribution is 2.54. The van der Waals surface area contributed by atoms with Gasteiger partial charge in [0, 0.05) is 52.9 Å². The Balaban J connectivity index is 1.77. The summed E-state index contributed by atoms with van der Waals surface area (Å²) in [6.07, 6.45) is 7.18. The number of ether oxygens (including phenoxy) is 2. The molecule has 1 aliphatic rings. The summed E-state index contributed by atoms with van der Waals surface area (Å²) >= 11 is 2.95. The number of thiazole rings is 2. The predicted octanol–water partition coefficient (Wildman–Crippen LogP) is 6.70. The van der Waals surface area contributed by atoms with Crippen molar-refractivity contribution in [2.45, 2.75) is 89.8 Å². The van der Waals surface area contributed by atoms with Crippen LogP contribution in [-0.4, -0.2) is 55.0 Å². The van der Waals surface area contributed by atoms with Gasteiger partial charge >= 0.3 is 5.97 Å². The molecule has 0 spiro atoms. The van der Waals surface area contributed by atoms with E-state index in [2.05, 4.69) is 35.7 Å². The first kappa shape index (κ1) is 31.7. The quantitative estimate of drug-likeness (QED) is 0.207. The van der Waals surface area contributed by atoms with E-state index < -0.39 is 23.2 Å².